The van der Waals surface area contributed by atoms with Crippen LogP contribution in [0.15, 0.2) is 66.5 Å². The second-order valence-electron chi connectivity index (χ2n) is 13.1. The first-order valence-corrected chi connectivity index (χ1v) is 16.5. The van der Waals surface area contributed by atoms with Crippen molar-refractivity contribution >= 4 is 30.4 Å². The third-order valence-corrected chi connectivity index (χ3v) is 9.02. The molecule has 0 spiro atoms. The fourth-order valence-electron chi connectivity index (χ4n) is 5.30. The summed E-state index contributed by atoms with van der Waals surface area (Å²) in [7, 11) is -4.24. The van der Waals surface area contributed by atoms with Gasteiger partial charge in [0.2, 0.25) is 5.91 Å². The Labute approximate surface area is 263 Å². The van der Waals surface area contributed by atoms with Crippen molar-refractivity contribution in [3.8, 4) is 5.75 Å². The molecule has 3 aliphatic rings. The summed E-state index contributed by atoms with van der Waals surface area (Å²) in [6.07, 6.45) is 3.00. The van der Waals surface area contributed by atoms with Crippen molar-refractivity contribution in [1.82, 2.24) is 9.99 Å². The second-order valence-corrected chi connectivity index (χ2v) is 14.8. The van der Waals surface area contributed by atoms with E-state index >= 15 is 0 Å². The van der Waals surface area contributed by atoms with Gasteiger partial charge < -0.3 is 34.1 Å². The molecular formula is C32H42N3O9P. The standard InChI is InChI=1S/C32H42N3O9P/c1-20(30(37)39-19-31(2,3)4)34-45(38,44-24-15-9-12-21-11-7-8-14-23(21)24)40-18-25-26-27(43-32(5,6)42-26)29(41-25)35-16-10-13-22(17-35)28(33)36/h7-12,14-17,20,25-27,29H,13,18-19H2,1-6H3,(H2,33,36)(H,34,38)/t20-,25?,26+,27+,29+,45?/m0/s1. The molecule has 5 rings (SSSR count). The quantitative estimate of drug-likeness (QED) is 0.258. The van der Waals surface area contributed by atoms with Crippen molar-refractivity contribution in [3.63, 3.8) is 0 Å². The number of benzene rings is 2. The molecule has 0 saturated carbocycles. The van der Waals surface area contributed by atoms with Crippen LogP contribution in [0.2, 0.25) is 0 Å². The zero-order valence-electron chi connectivity index (χ0n) is 26.4. The van der Waals surface area contributed by atoms with Gasteiger partial charge in [-0.1, -0.05) is 63.2 Å². The number of allylic oxidation sites excluding steroid dienone is 1. The number of carbonyl (C=O) groups excluding carboxylic acids is 2. The van der Waals surface area contributed by atoms with Crippen LogP contribution >= 0.6 is 7.75 Å². The Balaban J connectivity index is 1.38. The van der Waals surface area contributed by atoms with E-state index in [0.717, 1.165) is 5.39 Å². The van der Waals surface area contributed by atoms with Gasteiger partial charge in [0.15, 0.2) is 12.0 Å². The van der Waals surface area contributed by atoms with Gasteiger partial charge in [0.05, 0.1) is 13.2 Å². The molecule has 3 aliphatic heterocycles. The number of ether oxygens (including phenoxy) is 4. The SMILES string of the molecule is C[C@H](NP(=O)(OCC1O[C@@H](N2C=CCC(C(N)=O)=C2)[C@@H]2OC(C)(C)O[C@H]12)Oc1cccc2ccccc12)C(=O)OCC(C)(C)C. The van der Waals surface area contributed by atoms with E-state index in [0.29, 0.717) is 23.1 Å². The highest BCUT2D eigenvalue weighted by Gasteiger charge is 2.57. The zero-order chi connectivity index (χ0) is 32.6. The summed E-state index contributed by atoms with van der Waals surface area (Å²) in [5.74, 6) is -1.75. The van der Waals surface area contributed by atoms with Crippen LogP contribution in [0.25, 0.3) is 10.8 Å². The lowest BCUT2D eigenvalue weighted by Crippen LogP contribution is -2.40. The molecule has 0 aliphatic carbocycles. The summed E-state index contributed by atoms with van der Waals surface area (Å²) in [6, 6.07) is 11.8. The molecule has 45 heavy (non-hydrogen) atoms. The van der Waals surface area contributed by atoms with E-state index in [9.17, 15) is 14.2 Å². The molecule has 244 valence electrons. The molecule has 0 aromatic heterocycles. The third-order valence-electron chi connectivity index (χ3n) is 7.39. The fraction of sp³-hybridized carbons (Fsp3) is 0.500. The van der Waals surface area contributed by atoms with E-state index in [1.54, 1.807) is 49.4 Å². The van der Waals surface area contributed by atoms with Gasteiger partial charge in [-0.15, -0.1) is 0 Å². The number of fused-ring (bicyclic) bond motifs is 2. The summed E-state index contributed by atoms with van der Waals surface area (Å²) in [4.78, 5) is 26.5. The first-order chi connectivity index (χ1) is 21.1. The summed E-state index contributed by atoms with van der Waals surface area (Å²) in [5, 5.41) is 4.35. The number of hydrogen-bond acceptors (Lipinski definition) is 10. The predicted octanol–water partition coefficient (Wildman–Crippen LogP) is 4.74. The molecule has 2 unspecified atom stereocenters. The number of nitrogens with one attached hydrogen (secondary N) is 1. The van der Waals surface area contributed by atoms with Crippen molar-refractivity contribution in [2.75, 3.05) is 13.2 Å². The molecule has 2 fully saturated rings. The number of nitrogens with two attached hydrogens (primary N) is 1. The third kappa shape index (κ3) is 7.95. The number of hydrogen-bond donors (Lipinski definition) is 2. The molecule has 2 saturated heterocycles. The average molecular weight is 644 g/mol. The minimum absolute atomic E-state index is 0.178. The van der Waals surface area contributed by atoms with Crippen LogP contribution in [0.3, 0.4) is 0 Å². The van der Waals surface area contributed by atoms with Crippen molar-refractivity contribution in [3.05, 3.63) is 66.5 Å². The number of amides is 1. The Kier molecular flexibility index (Phi) is 9.47. The first-order valence-electron chi connectivity index (χ1n) is 15.0. The molecule has 1 amide bonds. The Morgan fingerprint density at radius 2 is 1.84 bits per heavy atom. The highest BCUT2D eigenvalue weighted by molar-refractivity contribution is 7.52. The van der Waals surface area contributed by atoms with E-state index in [1.165, 1.54) is 6.92 Å². The van der Waals surface area contributed by atoms with Crippen LogP contribution in [0.5, 0.6) is 5.75 Å². The Bertz CT molecular complexity index is 1530. The van der Waals surface area contributed by atoms with Gasteiger partial charge in [-0.3, -0.25) is 14.1 Å². The summed E-state index contributed by atoms with van der Waals surface area (Å²) >= 11 is 0. The summed E-state index contributed by atoms with van der Waals surface area (Å²) in [5.41, 5.74) is 5.69. The lowest BCUT2D eigenvalue weighted by Gasteiger charge is -2.31. The van der Waals surface area contributed by atoms with E-state index in [2.05, 4.69) is 5.09 Å². The average Bonchev–Trinajstić information content (AvgIpc) is 3.47. The molecule has 3 N–H and O–H groups in total. The van der Waals surface area contributed by atoms with Gasteiger partial charge in [0.25, 0.3) is 0 Å². The molecular weight excluding hydrogens is 601 g/mol. The van der Waals surface area contributed by atoms with E-state index in [1.807, 2.05) is 51.1 Å². The number of rotatable bonds is 11. The molecule has 2 aromatic rings. The van der Waals surface area contributed by atoms with Crippen molar-refractivity contribution in [2.24, 2.45) is 11.1 Å². The maximum atomic E-state index is 14.4. The monoisotopic (exact) mass is 643 g/mol. The van der Waals surface area contributed by atoms with Gasteiger partial charge in [-0.05, 0) is 44.1 Å². The topological polar surface area (TPSA) is 148 Å². The lowest BCUT2D eigenvalue weighted by atomic mass is 9.99. The van der Waals surface area contributed by atoms with E-state index in [4.69, 9.17) is 33.7 Å². The Morgan fingerprint density at radius 1 is 1.13 bits per heavy atom. The number of esters is 1. The van der Waals surface area contributed by atoms with Crippen LogP contribution in [0.1, 0.15) is 48.0 Å². The lowest BCUT2D eigenvalue weighted by molar-refractivity contribution is -0.201. The van der Waals surface area contributed by atoms with E-state index < -0.39 is 56.0 Å². The number of primary amides is 1. The normalized spacial score (nSPS) is 26.2. The molecule has 2 aromatic carbocycles. The van der Waals surface area contributed by atoms with Crippen LogP contribution in [0.4, 0.5) is 0 Å². The molecule has 0 bridgehead atoms. The van der Waals surface area contributed by atoms with Gasteiger partial charge >= 0.3 is 13.7 Å². The smallest absolute Gasteiger partial charge is 0.459 e. The van der Waals surface area contributed by atoms with Crippen molar-refractivity contribution in [1.29, 1.82) is 0 Å². The largest absolute Gasteiger partial charge is 0.464 e. The molecule has 6 atom stereocenters. The highest BCUT2D eigenvalue weighted by atomic mass is 31.2. The van der Waals surface area contributed by atoms with Gasteiger partial charge in [-0.25, -0.2) is 4.57 Å². The van der Waals surface area contributed by atoms with Gasteiger partial charge in [-0.2, -0.15) is 5.09 Å². The molecule has 13 heteroatoms. The molecule has 0 radical (unpaired) electrons. The maximum absolute atomic E-state index is 14.4. The molecule has 3 heterocycles. The van der Waals surface area contributed by atoms with Crippen LogP contribution in [0, 0.1) is 5.41 Å². The van der Waals surface area contributed by atoms with Crippen LogP contribution in [-0.2, 0) is 37.6 Å². The number of carbonyl (C=O) groups is 2. The Hall–Kier alpha value is -3.25. The van der Waals surface area contributed by atoms with Crippen molar-refractivity contribution in [2.45, 2.75) is 84.3 Å². The maximum Gasteiger partial charge on any atom is 0.459 e. The molecule has 12 nitrogen and oxygen atoms in total. The van der Waals surface area contributed by atoms with Crippen LogP contribution in [-0.4, -0.2) is 66.4 Å². The van der Waals surface area contributed by atoms with Crippen LogP contribution < -0.4 is 15.3 Å². The fourth-order valence-corrected chi connectivity index (χ4v) is 6.82. The number of nitrogens with zero attached hydrogens (tertiary/aromatic N) is 1. The van der Waals surface area contributed by atoms with Gasteiger partial charge in [0, 0.05) is 23.4 Å². The highest BCUT2D eigenvalue weighted by Crippen LogP contribution is 2.48. The zero-order valence-corrected chi connectivity index (χ0v) is 27.3. The van der Waals surface area contributed by atoms with Crippen molar-refractivity contribution < 1.29 is 42.1 Å². The first kappa shape index (κ1) is 33.1. The van der Waals surface area contributed by atoms with Gasteiger partial charge in [0.1, 0.15) is 30.1 Å². The van der Waals surface area contributed by atoms with E-state index in [-0.39, 0.29) is 18.6 Å². The minimum atomic E-state index is -4.24. The Morgan fingerprint density at radius 3 is 2.58 bits per heavy atom. The minimum Gasteiger partial charge on any atom is -0.464 e. The second kappa shape index (κ2) is 12.9. The predicted molar refractivity (Wildman–Crippen MR) is 167 cm³/mol. The summed E-state index contributed by atoms with van der Waals surface area (Å²) < 4.78 is 50.7. The summed E-state index contributed by atoms with van der Waals surface area (Å²) in [6.45, 7) is 10.9.